The van der Waals surface area contributed by atoms with Gasteiger partial charge in [-0.15, -0.1) is 11.8 Å². The molecule has 0 saturated carbocycles. The van der Waals surface area contributed by atoms with Gasteiger partial charge in [-0.25, -0.2) is 4.79 Å². The van der Waals surface area contributed by atoms with Crippen molar-refractivity contribution in [2.24, 2.45) is 0 Å². The molecule has 0 unspecified atom stereocenters. The first-order valence-corrected chi connectivity index (χ1v) is 7.87. The third kappa shape index (κ3) is 3.64. The first-order chi connectivity index (χ1) is 11.3. The highest BCUT2D eigenvalue weighted by atomic mass is 32.2. The van der Waals surface area contributed by atoms with Crippen LogP contribution in [-0.4, -0.2) is 44.6 Å². The highest BCUT2D eigenvalue weighted by molar-refractivity contribution is 8.00. The van der Waals surface area contributed by atoms with Gasteiger partial charge in [0.15, 0.2) is 0 Å². The fourth-order valence-corrected chi connectivity index (χ4v) is 3.48. The number of rotatable bonds is 3. The maximum absolute atomic E-state index is 12.5. The fraction of sp³-hybridized carbons (Fsp3) is 0.357. The number of likely N-dealkylation sites (tertiary alicyclic amines) is 1. The van der Waals surface area contributed by atoms with E-state index < -0.39 is 18.2 Å². The van der Waals surface area contributed by atoms with Gasteiger partial charge in [0.2, 0.25) is 5.82 Å². The summed E-state index contributed by atoms with van der Waals surface area (Å²) in [5.41, 5.74) is 0.414. The van der Waals surface area contributed by atoms with Gasteiger partial charge in [-0.2, -0.15) is 18.2 Å². The Morgan fingerprint density at radius 3 is 2.58 bits per heavy atom. The number of benzene rings is 1. The number of alkyl halides is 3. The molecule has 1 aliphatic rings. The monoisotopic (exact) mass is 359 g/mol. The average molecular weight is 359 g/mol. The molecule has 6 nitrogen and oxygen atoms in total. The number of amides is 1. The van der Waals surface area contributed by atoms with Crippen LogP contribution < -0.4 is 0 Å². The van der Waals surface area contributed by atoms with Crippen LogP contribution in [0.4, 0.5) is 18.0 Å². The summed E-state index contributed by atoms with van der Waals surface area (Å²) in [4.78, 5) is 16.5. The fourth-order valence-electron chi connectivity index (χ4n) is 2.33. The Balaban J connectivity index is 1.66. The van der Waals surface area contributed by atoms with Crippen molar-refractivity contribution in [2.45, 2.75) is 22.7 Å². The quantitative estimate of drug-likeness (QED) is 0.902. The molecule has 2 heterocycles. The predicted molar refractivity (Wildman–Crippen MR) is 78.6 cm³/mol. The van der Waals surface area contributed by atoms with Gasteiger partial charge < -0.3 is 14.5 Å². The van der Waals surface area contributed by atoms with E-state index in [9.17, 15) is 18.0 Å². The Morgan fingerprint density at radius 2 is 2.04 bits per heavy atom. The number of carboxylic acid groups (broad SMARTS) is 1. The van der Waals surface area contributed by atoms with Crippen LogP contribution in [0.3, 0.4) is 0 Å². The Kier molecular flexibility index (Phi) is 4.39. The molecule has 1 fully saturated rings. The molecule has 0 radical (unpaired) electrons. The van der Waals surface area contributed by atoms with Crippen LogP contribution in [0.25, 0.3) is 11.4 Å². The molecule has 1 aromatic carbocycles. The van der Waals surface area contributed by atoms with Gasteiger partial charge in [-0.1, -0.05) is 5.16 Å². The van der Waals surface area contributed by atoms with E-state index in [0.717, 1.165) is 11.3 Å². The minimum atomic E-state index is -4.67. The molecule has 1 N–H and O–H groups in total. The van der Waals surface area contributed by atoms with Crippen molar-refractivity contribution < 1.29 is 27.6 Å². The normalized spacial score (nSPS) is 18.1. The summed E-state index contributed by atoms with van der Waals surface area (Å²) in [6.07, 6.45) is -4.83. The first-order valence-electron chi connectivity index (χ1n) is 6.99. The van der Waals surface area contributed by atoms with E-state index in [-0.39, 0.29) is 11.1 Å². The van der Waals surface area contributed by atoms with Crippen molar-refractivity contribution in [1.82, 2.24) is 15.0 Å². The number of hydrogen-bond acceptors (Lipinski definition) is 5. The van der Waals surface area contributed by atoms with Crippen LogP contribution in [0.2, 0.25) is 0 Å². The summed E-state index contributed by atoms with van der Waals surface area (Å²) >= 11 is 1.54. The summed E-state index contributed by atoms with van der Waals surface area (Å²) in [6.45, 7) is 0.968. The molecule has 1 aromatic heterocycles. The van der Waals surface area contributed by atoms with E-state index in [1.165, 1.54) is 16.7 Å². The van der Waals surface area contributed by atoms with Crippen LogP contribution >= 0.6 is 11.8 Å². The van der Waals surface area contributed by atoms with Gasteiger partial charge in [-0.3, -0.25) is 0 Å². The highest BCUT2D eigenvalue weighted by Gasteiger charge is 2.38. The van der Waals surface area contributed by atoms with Crippen LogP contribution in [0.15, 0.2) is 33.7 Å². The number of carbonyl (C=O) groups is 1. The maximum atomic E-state index is 12.5. The summed E-state index contributed by atoms with van der Waals surface area (Å²) in [5, 5.41) is 12.4. The number of halogens is 3. The standard InChI is InChI=1S/C14H12F3N3O3S/c15-14(16,17)12-18-11(19-23-12)8-1-3-9(4-2-8)24-10-5-6-20(7-10)13(21)22/h1-4,10H,5-7H2,(H,21,22)/t10-/m1/s1. The summed E-state index contributed by atoms with van der Waals surface area (Å²) in [6, 6.07) is 6.70. The molecule has 2 aromatic rings. The number of thioether (sulfide) groups is 1. The lowest BCUT2D eigenvalue weighted by Gasteiger charge is -2.12. The van der Waals surface area contributed by atoms with Crippen molar-refractivity contribution in [3.63, 3.8) is 0 Å². The number of nitrogens with zero attached hydrogens (tertiary/aromatic N) is 3. The highest BCUT2D eigenvalue weighted by Crippen LogP contribution is 2.32. The minimum Gasteiger partial charge on any atom is -0.465 e. The number of aromatic nitrogens is 2. The molecule has 3 rings (SSSR count). The van der Waals surface area contributed by atoms with E-state index in [2.05, 4.69) is 14.7 Å². The van der Waals surface area contributed by atoms with E-state index in [0.29, 0.717) is 18.7 Å². The lowest BCUT2D eigenvalue weighted by molar-refractivity contribution is -0.159. The molecule has 1 amide bonds. The lowest BCUT2D eigenvalue weighted by Crippen LogP contribution is -2.26. The maximum Gasteiger partial charge on any atom is 0.471 e. The molecule has 0 bridgehead atoms. The first kappa shape index (κ1) is 16.6. The van der Waals surface area contributed by atoms with E-state index in [1.807, 2.05) is 0 Å². The van der Waals surface area contributed by atoms with E-state index in [4.69, 9.17) is 5.11 Å². The smallest absolute Gasteiger partial charge is 0.465 e. The molecule has 128 valence electrons. The van der Waals surface area contributed by atoms with Gasteiger partial charge in [-0.05, 0) is 30.7 Å². The van der Waals surface area contributed by atoms with Crippen LogP contribution in [-0.2, 0) is 6.18 Å². The summed E-state index contributed by atoms with van der Waals surface area (Å²) in [7, 11) is 0. The van der Waals surface area contributed by atoms with Crippen LogP contribution in [0.1, 0.15) is 12.3 Å². The molecular weight excluding hydrogens is 347 g/mol. The van der Waals surface area contributed by atoms with Crippen molar-refractivity contribution >= 4 is 17.9 Å². The molecule has 0 aliphatic carbocycles. The SMILES string of the molecule is O=C(O)N1CC[C@@H](Sc2ccc(-c3noc(C(F)(F)F)n3)cc2)C1. The summed E-state index contributed by atoms with van der Waals surface area (Å²) in [5.74, 6) is -1.51. The van der Waals surface area contributed by atoms with Crippen molar-refractivity contribution in [2.75, 3.05) is 13.1 Å². The minimum absolute atomic E-state index is 0.128. The Labute approximate surface area is 138 Å². The van der Waals surface area contributed by atoms with Gasteiger partial charge in [0, 0.05) is 28.8 Å². The van der Waals surface area contributed by atoms with Crippen molar-refractivity contribution in [3.05, 3.63) is 30.2 Å². The zero-order chi connectivity index (χ0) is 17.3. The van der Waals surface area contributed by atoms with Crippen molar-refractivity contribution in [1.29, 1.82) is 0 Å². The van der Waals surface area contributed by atoms with Gasteiger partial charge >= 0.3 is 18.2 Å². The molecule has 0 spiro atoms. The van der Waals surface area contributed by atoms with Crippen LogP contribution in [0, 0.1) is 0 Å². The number of hydrogen-bond donors (Lipinski definition) is 1. The van der Waals surface area contributed by atoms with E-state index in [1.54, 1.807) is 24.3 Å². The third-order valence-corrected chi connectivity index (χ3v) is 4.76. The Hall–Kier alpha value is -2.23. The van der Waals surface area contributed by atoms with E-state index >= 15 is 0 Å². The molecular formula is C14H12F3N3O3S. The van der Waals surface area contributed by atoms with Gasteiger partial charge in [0.1, 0.15) is 0 Å². The lowest BCUT2D eigenvalue weighted by atomic mass is 10.2. The second-order valence-corrected chi connectivity index (χ2v) is 6.58. The summed E-state index contributed by atoms with van der Waals surface area (Å²) < 4.78 is 41.6. The molecule has 24 heavy (non-hydrogen) atoms. The Bertz CT molecular complexity index is 733. The average Bonchev–Trinajstić information content (AvgIpc) is 3.16. The topological polar surface area (TPSA) is 79.5 Å². The second-order valence-electron chi connectivity index (χ2n) is 5.20. The van der Waals surface area contributed by atoms with Gasteiger partial charge in [0.05, 0.1) is 0 Å². The van der Waals surface area contributed by atoms with Gasteiger partial charge in [0.25, 0.3) is 0 Å². The van der Waals surface area contributed by atoms with Crippen molar-refractivity contribution in [3.8, 4) is 11.4 Å². The molecule has 1 aliphatic heterocycles. The second kappa shape index (κ2) is 6.34. The zero-order valence-electron chi connectivity index (χ0n) is 12.2. The predicted octanol–water partition coefficient (Wildman–Crippen LogP) is 3.60. The van der Waals surface area contributed by atoms with Crippen LogP contribution in [0.5, 0.6) is 0 Å². The molecule has 10 heteroatoms. The molecule has 1 saturated heterocycles. The third-order valence-electron chi connectivity index (χ3n) is 3.50. The largest absolute Gasteiger partial charge is 0.471 e. The Morgan fingerprint density at radius 1 is 1.33 bits per heavy atom. The molecule has 1 atom stereocenters. The zero-order valence-corrected chi connectivity index (χ0v) is 13.0.